The maximum absolute atomic E-state index is 14.0. The molecule has 1 amide bonds. The molecule has 0 radical (unpaired) electrons. The number of sulfonamides is 1. The molecular weight excluding hydrogens is 382 g/mol. The third kappa shape index (κ3) is 3.35. The molecule has 27 heavy (non-hydrogen) atoms. The molecule has 0 bridgehead atoms. The van der Waals surface area contributed by atoms with E-state index in [0.29, 0.717) is 17.3 Å². The molecule has 1 heterocycles. The van der Waals surface area contributed by atoms with E-state index in [4.69, 9.17) is 0 Å². The Labute approximate surface area is 153 Å². The topological polar surface area (TPSA) is 92.8 Å². The third-order valence-corrected chi connectivity index (χ3v) is 5.51. The molecule has 142 valence electrons. The number of methoxy groups -OCH3 is 1. The molecule has 0 unspecified atom stereocenters. The van der Waals surface area contributed by atoms with Crippen molar-refractivity contribution in [1.29, 1.82) is 0 Å². The third-order valence-electron chi connectivity index (χ3n) is 4.14. The molecule has 0 saturated heterocycles. The van der Waals surface area contributed by atoms with Gasteiger partial charge in [0.05, 0.1) is 29.7 Å². The van der Waals surface area contributed by atoms with Gasteiger partial charge in [0, 0.05) is 18.8 Å². The van der Waals surface area contributed by atoms with Gasteiger partial charge in [-0.05, 0) is 29.8 Å². The van der Waals surface area contributed by atoms with E-state index < -0.39 is 38.9 Å². The van der Waals surface area contributed by atoms with Gasteiger partial charge in [-0.25, -0.2) is 22.0 Å². The SMILES string of the molecule is COC(=O)c1cc(NS(=O)(=O)c2ccc3c(c2)CC(=O)N3C)c(F)cc1F. The highest BCUT2D eigenvalue weighted by Gasteiger charge is 2.27. The van der Waals surface area contributed by atoms with Gasteiger partial charge in [0.25, 0.3) is 10.0 Å². The first-order valence-electron chi connectivity index (χ1n) is 7.63. The van der Waals surface area contributed by atoms with Gasteiger partial charge in [-0.15, -0.1) is 0 Å². The Hall–Kier alpha value is -3.01. The van der Waals surface area contributed by atoms with E-state index in [2.05, 4.69) is 4.74 Å². The molecule has 0 atom stereocenters. The van der Waals surface area contributed by atoms with Crippen LogP contribution in [0.2, 0.25) is 0 Å². The Kier molecular flexibility index (Phi) is 4.60. The number of benzene rings is 2. The van der Waals surface area contributed by atoms with E-state index in [1.165, 1.54) is 23.1 Å². The molecule has 7 nitrogen and oxygen atoms in total. The van der Waals surface area contributed by atoms with Crippen molar-refractivity contribution < 1.29 is 31.5 Å². The molecule has 2 aromatic rings. The van der Waals surface area contributed by atoms with Crippen molar-refractivity contribution in [2.24, 2.45) is 0 Å². The van der Waals surface area contributed by atoms with Gasteiger partial charge >= 0.3 is 5.97 Å². The highest BCUT2D eigenvalue weighted by Crippen LogP contribution is 2.31. The molecule has 0 spiro atoms. The molecule has 0 aromatic heterocycles. The number of nitrogens with zero attached hydrogens (tertiary/aromatic N) is 1. The molecule has 1 aliphatic heterocycles. The lowest BCUT2D eigenvalue weighted by atomic mass is 10.2. The largest absolute Gasteiger partial charge is 0.465 e. The van der Waals surface area contributed by atoms with Gasteiger partial charge in [0.1, 0.15) is 11.6 Å². The van der Waals surface area contributed by atoms with Crippen LogP contribution in [0.1, 0.15) is 15.9 Å². The molecule has 2 aromatic carbocycles. The Morgan fingerprint density at radius 3 is 2.56 bits per heavy atom. The standard InChI is InChI=1S/C17H14F2N2O5S/c1-21-15-4-3-10(5-9(15)6-16(21)22)27(24,25)20-14-7-11(17(23)26-2)12(18)8-13(14)19/h3-5,7-8,20H,6H2,1-2H3. The van der Waals surface area contributed by atoms with E-state index in [-0.39, 0.29) is 17.2 Å². The van der Waals surface area contributed by atoms with Gasteiger partial charge in [-0.3, -0.25) is 9.52 Å². The van der Waals surface area contributed by atoms with E-state index in [9.17, 15) is 26.8 Å². The zero-order chi connectivity index (χ0) is 19.9. The second-order valence-electron chi connectivity index (χ2n) is 5.83. The maximum Gasteiger partial charge on any atom is 0.340 e. The summed E-state index contributed by atoms with van der Waals surface area (Å²) in [6, 6.07) is 5.15. The lowest BCUT2D eigenvalue weighted by Crippen LogP contribution is -2.20. The number of hydrogen-bond acceptors (Lipinski definition) is 5. The summed E-state index contributed by atoms with van der Waals surface area (Å²) in [5.74, 6) is -3.63. The summed E-state index contributed by atoms with van der Waals surface area (Å²) in [5, 5.41) is 0. The van der Waals surface area contributed by atoms with Crippen molar-refractivity contribution in [3.8, 4) is 0 Å². The average Bonchev–Trinajstić information content (AvgIpc) is 2.90. The Balaban J connectivity index is 1.98. The van der Waals surface area contributed by atoms with Crippen LogP contribution in [0.5, 0.6) is 0 Å². The lowest BCUT2D eigenvalue weighted by Gasteiger charge is -2.13. The van der Waals surface area contributed by atoms with Crippen LogP contribution in [0.4, 0.5) is 20.2 Å². The number of likely N-dealkylation sites (N-methyl/N-ethyl adjacent to an activating group) is 1. The van der Waals surface area contributed by atoms with Gasteiger partial charge in [0.2, 0.25) is 5.91 Å². The fraction of sp³-hybridized carbons (Fsp3) is 0.176. The second kappa shape index (κ2) is 6.62. The Morgan fingerprint density at radius 2 is 1.89 bits per heavy atom. The van der Waals surface area contributed by atoms with Gasteiger partial charge in [0.15, 0.2) is 0 Å². The van der Waals surface area contributed by atoms with E-state index in [1.54, 1.807) is 7.05 Å². The first-order chi connectivity index (χ1) is 12.6. The predicted molar refractivity (Wildman–Crippen MR) is 92.1 cm³/mol. The zero-order valence-electron chi connectivity index (χ0n) is 14.2. The minimum absolute atomic E-state index is 0.0482. The number of carbonyl (C=O) groups excluding carboxylic acids is 2. The van der Waals surface area contributed by atoms with Crippen LogP contribution in [-0.4, -0.2) is 34.5 Å². The van der Waals surface area contributed by atoms with Crippen LogP contribution in [0.3, 0.4) is 0 Å². The summed E-state index contributed by atoms with van der Waals surface area (Å²) in [5.41, 5.74) is -0.122. The zero-order valence-corrected chi connectivity index (χ0v) is 15.1. The highest BCUT2D eigenvalue weighted by atomic mass is 32.2. The van der Waals surface area contributed by atoms with Crippen LogP contribution >= 0.6 is 0 Å². The van der Waals surface area contributed by atoms with Gasteiger partial charge in [-0.2, -0.15) is 0 Å². The van der Waals surface area contributed by atoms with Crippen molar-refractivity contribution in [2.75, 3.05) is 23.8 Å². The first kappa shape index (κ1) is 18.8. The number of halogens is 2. The molecule has 1 N–H and O–H groups in total. The van der Waals surface area contributed by atoms with E-state index in [0.717, 1.165) is 13.2 Å². The monoisotopic (exact) mass is 396 g/mol. The van der Waals surface area contributed by atoms with Crippen LogP contribution in [0, 0.1) is 11.6 Å². The van der Waals surface area contributed by atoms with Crippen molar-refractivity contribution in [1.82, 2.24) is 0 Å². The summed E-state index contributed by atoms with van der Waals surface area (Å²) >= 11 is 0. The summed E-state index contributed by atoms with van der Waals surface area (Å²) in [6.45, 7) is 0. The number of hydrogen-bond donors (Lipinski definition) is 1. The second-order valence-corrected chi connectivity index (χ2v) is 7.51. The molecule has 1 aliphatic rings. The van der Waals surface area contributed by atoms with Crippen LogP contribution in [0.15, 0.2) is 35.2 Å². The summed E-state index contributed by atoms with van der Waals surface area (Å²) in [6.07, 6.45) is 0.0482. The molecule has 10 heteroatoms. The number of fused-ring (bicyclic) bond motifs is 1. The summed E-state index contributed by atoms with van der Waals surface area (Å²) < 4.78 is 59.2. The maximum atomic E-state index is 14.0. The molecular formula is C17H14F2N2O5S. The van der Waals surface area contributed by atoms with Crippen LogP contribution in [-0.2, 0) is 26.0 Å². The van der Waals surface area contributed by atoms with Gasteiger partial charge < -0.3 is 9.64 Å². The molecule has 0 saturated carbocycles. The van der Waals surface area contributed by atoms with Crippen molar-refractivity contribution >= 4 is 33.3 Å². The minimum atomic E-state index is -4.25. The van der Waals surface area contributed by atoms with Crippen molar-refractivity contribution in [3.63, 3.8) is 0 Å². The quantitative estimate of drug-likeness (QED) is 0.799. The summed E-state index contributed by atoms with van der Waals surface area (Å²) in [7, 11) is -1.66. The molecule has 0 fully saturated rings. The predicted octanol–water partition coefficient (Wildman–Crippen LogP) is 2.07. The molecule has 3 rings (SSSR count). The normalized spacial score (nSPS) is 13.5. The molecule has 0 aliphatic carbocycles. The Bertz CT molecular complexity index is 1070. The minimum Gasteiger partial charge on any atom is -0.465 e. The number of rotatable bonds is 4. The number of ether oxygens (including phenoxy) is 1. The van der Waals surface area contributed by atoms with E-state index >= 15 is 0 Å². The lowest BCUT2D eigenvalue weighted by molar-refractivity contribution is -0.117. The van der Waals surface area contributed by atoms with Crippen molar-refractivity contribution in [2.45, 2.75) is 11.3 Å². The highest BCUT2D eigenvalue weighted by molar-refractivity contribution is 7.92. The Morgan fingerprint density at radius 1 is 1.19 bits per heavy atom. The van der Waals surface area contributed by atoms with Gasteiger partial charge in [-0.1, -0.05) is 0 Å². The van der Waals surface area contributed by atoms with Crippen molar-refractivity contribution in [3.05, 3.63) is 53.1 Å². The number of esters is 1. The number of nitrogens with one attached hydrogen (secondary N) is 1. The number of anilines is 2. The fourth-order valence-corrected chi connectivity index (χ4v) is 3.82. The fourth-order valence-electron chi connectivity index (χ4n) is 2.71. The first-order valence-corrected chi connectivity index (χ1v) is 9.12. The average molecular weight is 396 g/mol. The van der Waals surface area contributed by atoms with E-state index in [1.807, 2.05) is 4.72 Å². The number of carbonyl (C=O) groups is 2. The number of amides is 1. The van der Waals surface area contributed by atoms with Crippen LogP contribution < -0.4 is 9.62 Å². The smallest absolute Gasteiger partial charge is 0.340 e. The van der Waals surface area contributed by atoms with Crippen LogP contribution in [0.25, 0.3) is 0 Å². The summed E-state index contributed by atoms with van der Waals surface area (Å²) in [4.78, 5) is 24.4.